The van der Waals surface area contributed by atoms with Crippen LogP contribution in [-0.2, 0) is 9.53 Å². The lowest BCUT2D eigenvalue weighted by atomic mass is 9.80. The van der Waals surface area contributed by atoms with Gasteiger partial charge in [0.2, 0.25) is 5.91 Å². The van der Waals surface area contributed by atoms with Gasteiger partial charge in [0.25, 0.3) is 0 Å². The molecule has 0 radical (unpaired) electrons. The molecule has 18 heavy (non-hydrogen) atoms. The van der Waals surface area contributed by atoms with Gasteiger partial charge in [0.1, 0.15) is 0 Å². The topological polar surface area (TPSA) is 29.5 Å². The first-order valence-electron chi connectivity index (χ1n) is 6.72. The van der Waals surface area contributed by atoms with Crippen LogP contribution in [0.5, 0.6) is 0 Å². The fraction of sp³-hybridized carbons (Fsp3) is 0.929. The Hall–Kier alpha value is -0.280. The molecule has 1 heterocycles. The van der Waals surface area contributed by atoms with Gasteiger partial charge in [-0.25, -0.2) is 0 Å². The van der Waals surface area contributed by atoms with Crippen molar-refractivity contribution in [2.24, 2.45) is 11.3 Å². The molecule has 1 saturated heterocycles. The summed E-state index contributed by atoms with van der Waals surface area (Å²) in [6.45, 7) is 11.9. The molecule has 0 spiro atoms. The van der Waals surface area contributed by atoms with Gasteiger partial charge >= 0.3 is 0 Å². The van der Waals surface area contributed by atoms with Crippen LogP contribution in [0.3, 0.4) is 0 Å². The first-order valence-corrected chi connectivity index (χ1v) is 7.26. The zero-order valence-corrected chi connectivity index (χ0v) is 13.0. The first-order chi connectivity index (χ1) is 8.25. The monoisotopic (exact) mass is 275 g/mol. The average Bonchev–Trinajstić information content (AvgIpc) is 2.28. The van der Waals surface area contributed by atoms with E-state index in [4.69, 9.17) is 16.3 Å². The van der Waals surface area contributed by atoms with Gasteiger partial charge in [0.05, 0.1) is 24.6 Å². The van der Waals surface area contributed by atoms with E-state index >= 15 is 0 Å². The number of halogens is 1. The highest BCUT2D eigenvalue weighted by Gasteiger charge is 2.31. The van der Waals surface area contributed by atoms with Crippen LogP contribution in [0.4, 0.5) is 0 Å². The van der Waals surface area contributed by atoms with Crippen LogP contribution in [0.25, 0.3) is 0 Å². The van der Waals surface area contributed by atoms with E-state index in [0.717, 1.165) is 0 Å². The molecule has 0 saturated carbocycles. The Morgan fingerprint density at radius 2 is 2.11 bits per heavy atom. The van der Waals surface area contributed by atoms with Gasteiger partial charge < -0.3 is 9.64 Å². The molecule has 1 rings (SSSR count). The second kappa shape index (κ2) is 6.25. The molecule has 3 atom stereocenters. The van der Waals surface area contributed by atoms with Crippen molar-refractivity contribution in [3.8, 4) is 0 Å². The summed E-state index contributed by atoms with van der Waals surface area (Å²) < 4.78 is 5.57. The van der Waals surface area contributed by atoms with Crippen molar-refractivity contribution < 1.29 is 9.53 Å². The maximum atomic E-state index is 12.4. The molecular weight excluding hydrogens is 250 g/mol. The Labute approximate surface area is 116 Å². The molecule has 0 aromatic heterocycles. The van der Waals surface area contributed by atoms with E-state index in [1.54, 1.807) is 0 Å². The van der Waals surface area contributed by atoms with Gasteiger partial charge in [0.15, 0.2) is 0 Å². The van der Waals surface area contributed by atoms with Gasteiger partial charge in [-0.15, -0.1) is 11.6 Å². The summed E-state index contributed by atoms with van der Waals surface area (Å²) in [5.41, 5.74) is 0.164. The number of hydrogen-bond acceptors (Lipinski definition) is 2. The third-order valence-corrected chi connectivity index (χ3v) is 4.30. The van der Waals surface area contributed by atoms with Crippen LogP contribution in [-0.4, -0.2) is 42.0 Å². The maximum absolute atomic E-state index is 12.4. The third-order valence-electron chi connectivity index (χ3n) is 3.96. The highest BCUT2D eigenvalue weighted by Crippen LogP contribution is 2.29. The second-order valence-electron chi connectivity index (χ2n) is 6.48. The molecule has 1 aliphatic rings. The van der Waals surface area contributed by atoms with E-state index in [1.165, 1.54) is 0 Å². The van der Waals surface area contributed by atoms with Crippen molar-refractivity contribution in [3.05, 3.63) is 0 Å². The van der Waals surface area contributed by atoms with Crippen molar-refractivity contribution in [1.82, 2.24) is 4.90 Å². The van der Waals surface area contributed by atoms with Crippen LogP contribution >= 0.6 is 11.6 Å². The zero-order valence-electron chi connectivity index (χ0n) is 12.2. The molecule has 1 aliphatic heterocycles. The van der Waals surface area contributed by atoms with Crippen molar-refractivity contribution in [2.45, 2.75) is 53.2 Å². The summed E-state index contributed by atoms with van der Waals surface area (Å²) in [7, 11) is 0. The van der Waals surface area contributed by atoms with Crippen LogP contribution in [0, 0.1) is 11.3 Å². The van der Waals surface area contributed by atoms with E-state index in [0.29, 0.717) is 31.4 Å². The molecule has 0 aromatic rings. The summed E-state index contributed by atoms with van der Waals surface area (Å²) in [5.74, 6) is 1.04. The van der Waals surface area contributed by atoms with Crippen LogP contribution < -0.4 is 0 Å². The molecule has 3 unspecified atom stereocenters. The van der Waals surface area contributed by atoms with E-state index in [-0.39, 0.29) is 23.5 Å². The quantitative estimate of drug-likeness (QED) is 0.741. The SMILES string of the molecule is CC1COC(CCl)CN1C(=O)CC(C)C(C)(C)C. The molecule has 0 bridgehead atoms. The van der Waals surface area contributed by atoms with Crippen LogP contribution in [0.2, 0.25) is 0 Å². The molecule has 1 fully saturated rings. The second-order valence-corrected chi connectivity index (χ2v) is 6.78. The zero-order chi connectivity index (χ0) is 13.9. The van der Waals surface area contributed by atoms with Crippen molar-refractivity contribution in [1.29, 1.82) is 0 Å². The Bertz CT molecular complexity index is 288. The fourth-order valence-electron chi connectivity index (χ4n) is 1.94. The van der Waals surface area contributed by atoms with E-state index in [1.807, 2.05) is 11.8 Å². The normalized spacial score (nSPS) is 27.1. The summed E-state index contributed by atoms with van der Waals surface area (Å²) in [6, 6.07) is 0.157. The maximum Gasteiger partial charge on any atom is 0.223 e. The minimum atomic E-state index is -0.0169. The smallest absolute Gasteiger partial charge is 0.223 e. The molecule has 0 aromatic carbocycles. The lowest BCUT2D eigenvalue weighted by Gasteiger charge is -2.39. The van der Waals surface area contributed by atoms with Crippen LogP contribution in [0.1, 0.15) is 41.0 Å². The number of rotatable bonds is 3. The molecule has 0 N–H and O–H groups in total. The van der Waals surface area contributed by atoms with Crippen LogP contribution in [0.15, 0.2) is 0 Å². The Morgan fingerprint density at radius 3 is 2.61 bits per heavy atom. The summed E-state index contributed by atoms with van der Waals surface area (Å²) >= 11 is 5.81. The van der Waals surface area contributed by atoms with Gasteiger partial charge in [-0.1, -0.05) is 27.7 Å². The molecule has 4 heteroatoms. The van der Waals surface area contributed by atoms with E-state index in [9.17, 15) is 4.79 Å². The minimum Gasteiger partial charge on any atom is -0.373 e. The molecule has 0 aliphatic carbocycles. The first kappa shape index (κ1) is 15.8. The standard InChI is InChI=1S/C14H26ClNO2/c1-10(14(3,4)5)6-13(17)16-8-12(7-15)18-9-11(16)2/h10-12H,6-9H2,1-5H3. The van der Waals surface area contributed by atoms with E-state index in [2.05, 4.69) is 27.7 Å². The molecule has 3 nitrogen and oxygen atoms in total. The molecule has 106 valence electrons. The predicted molar refractivity (Wildman–Crippen MR) is 74.9 cm³/mol. The van der Waals surface area contributed by atoms with Crippen molar-refractivity contribution in [3.63, 3.8) is 0 Å². The van der Waals surface area contributed by atoms with Crippen molar-refractivity contribution >= 4 is 17.5 Å². The summed E-state index contributed by atoms with van der Waals surface area (Å²) in [6.07, 6.45) is 0.583. The lowest BCUT2D eigenvalue weighted by Crippen LogP contribution is -2.52. The number of morpholine rings is 1. The average molecular weight is 276 g/mol. The highest BCUT2D eigenvalue weighted by atomic mass is 35.5. The van der Waals surface area contributed by atoms with Gasteiger partial charge in [-0.3, -0.25) is 4.79 Å². The third kappa shape index (κ3) is 4.13. The largest absolute Gasteiger partial charge is 0.373 e. The van der Waals surface area contributed by atoms with Gasteiger partial charge in [0, 0.05) is 13.0 Å². The number of carbonyl (C=O) groups is 1. The Balaban J connectivity index is 2.59. The number of carbonyl (C=O) groups excluding carboxylic acids is 1. The molecular formula is C14H26ClNO2. The number of alkyl halides is 1. The van der Waals surface area contributed by atoms with Gasteiger partial charge in [-0.05, 0) is 18.3 Å². The van der Waals surface area contributed by atoms with Crippen molar-refractivity contribution in [2.75, 3.05) is 19.0 Å². The molecule has 1 amide bonds. The number of hydrogen-bond donors (Lipinski definition) is 0. The minimum absolute atomic E-state index is 0.0169. The summed E-state index contributed by atoms with van der Waals surface area (Å²) in [5, 5.41) is 0. The van der Waals surface area contributed by atoms with E-state index < -0.39 is 0 Å². The number of amides is 1. The van der Waals surface area contributed by atoms with Gasteiger partial charge in [-0.2, -0.15) is 0 Å². The Morgan fingerprint density at radius 1 is 1.50 bits per heavy atom. The summed E-state index contributed by atoms with van der Waals surface area (Å²) in [4.78, 5) is 14.3. The fourth-order valence-corrected chi connectivity index (χ4v) is 2.13. The predicted octanol–water partition coefficient (Wildman–Crippen LogP) is 2.91. The number of nitrogens with zero attached hydrogens (tertiary/aromatic N) is 1. The number of ether oxygens (including phenoxy) is 1. The lowest BCUT2D eigenvalue weighted by molar-refractivity contribution is -0.144. The highest BCUT2D eigenvalue weighted by molar-refractivity contribution is 6.18. The Kier molecular flexibility index (Phi) is 5.47.